The Morgan fingerprint density at radius 2 is 1.63 bits per heavy atom. The number of hydrogen-bond acceptors (Lipinski definition) is 7. The van der Waals surface area contributed by atoms with E-state index in [9.17, 15) is 8.42 Å². The molecule has 0 bridgehead atoms. The molecule has 0 unspecified atom stereocenters. The monoisotopic (exact) mass is 540 g/mol. The van der Waals surface area contributed by atoms with Gasteiger partial charge in [-0.3, -0.25) is 9.88 Å². The minimum absolute atomic E-state index is 0.102. The zero-order valence-electron chi connectivity index (χ0n) is 23.6. The van der Waals surface area contributed by atoms with Gasteiger partial charge in [0.15, 0.2) is 5.76 Å². The Morgan fingerprint density at radius 3 is 2.18 bits per heavy atom. The number of sulfonamides is 1. The molecular weight excluding hydrogens is 500 g/mol. The zero-order chi connectivity index (χ0) is 27.6. The van der Waals surface area contributed by atoms with Gasteiger partial charge in [-0.25, -0.2) is 13.1 Å². The van der Waals surface area contributed by atoms with Crippen molar-refractivity contribution in [3.8, 4) is 11.3 Å². The van der Waals surface area contributed by atoms with Crippen LogP contribution in [-0.2, 0) is 40.7 Å². The van der Waals surface area contributed by atoms with Crippen LogP contribution < -0.4 is 4.72 Å². The van der Waals surface area contributed by atoms with Crippen molar-refractivity contribution in [3.63, 3.8) is 0 Å². The Labute approximate surface area is 226 Å². The van der Waals surface area contributed by atoms with Crippen LogP contribution in [0.1, 0.15) is 67.1 Å². The molecule has 1 N–H and O–H groups in total. The fourth-order valence-electron chi connectivity index (χ4n) is 5.58. The third-order valence-corrected chi connectivity index (χ3v) is 8.89. The highest BCUT2D eigenvalue weighted by atomic mass is 32.2. The van der Waals surface area contributed by atoms with Crippen molar-refractivity contribution in [1.82, 2.24) is 19.8 Å². The van der Waals surface area contributed by atoms with Gasteiger partial charge in [0.1, 0.15) is 10.6 Å². The van der Waals surface area contributed by atoms with Gasteiger partial charge in [0.2, 0.25) is 10.0 Å². The highest BCUT2D eigenvalue weighted by Crippen LogP contribution is 2.31. The normalized spacial score (nSPS) is 18.7. The van der Waals surface area contributed by atoms with Crippen LogP contribution >= 0.6 is 0 Å². The van der Waals surface area contributed by atoms with Crippen LogP contribution in [0.2, 0.25) is 0 Å². The second-order valence-electron chi connectivity index (χ2n) is 10.3. The van der Waals surface area contributed by atoms with E-state index < -0.39 is 10.0 Å². The molecule has 4 rings (SSSR count). The van der Waals surface area contributed by atoms with Crippen LogP contribution in [0.15, 0.2) is 33.7 Å². The second-order valence-corrected chi connectivity index (χ2v) is 12.0. The van der Waals surface area contributed by atoms with Gasteiger partial charge in [0.25, 0.3) is 0 Å². The number of nitrogens with one attached hydrogen (secondary N) is 1. The first-order valence-electron chi connectivity index (χ1n) is 13.4. The Bertz CT molecular complexity index is 1350. The smallest absolute Gasteiger partial charge is 0.246 e. The second kappa shape index (κ2) is 11.7. The van der Waals surface area contributed by atoms with Crippen molar-refractivity contribution in [1.29, 1.82) is 0 Å². The molecule has 206 valence electrons. The molecule has 1 fully saturated rings. The highest BCUT2D eigenvalue weighted by Gasteiger charge is 2.27. The lowest BCUT2D eigenvalue weighted by Gasteiger charge is -2.36. The number of nitrogens with zero attached hydrogens (tertiary/aromatic N) is 3. The minimum Gasteiger partial charge on any atom is -0.373 e. The summed E-state index contributed by atoms with van der Waals surface area (Å²) in [6.07, 6.45) is 2.06. The van der Waals surface area contributed by atoms with E-state index in [4.69, 9.17) is 14.2 Å². The molecular formula is C29H40N4O4S. The molecule has 1 aliphatic heterocycles. The molecule has 1 aliphatic rings. The van der Waals surface area contributed by atoms with E-state index in [1.165, 1.54) is 11.1 Å². The maximum absolute atomic E-state index is 13.3. The third kappa shape index (κ3) is 6.01. The van der Waals surface area contributed by atoms with E-state index in [1.54, 1.807) is 13.8 Å². The van der Waals surface area contributed by atoms with Crippen LogP contribution in [0.5, 0.6) is 0 Å². The molecule has 0 aliphatic carbocycles. The Kier molecular flexibility index (Phi) is 8.72. The topological polar surface area (TPSA) is 97.6 Å². The van der Waals surface area contributed by atoms with Gasteiger partial charge in [0, 0.05) is 37.4 Å². The average molecular weight is 541 g/mol. The summed E-state index contributed by atoms with van der Waals surface area (Å²) >= 11 is 0. The predicted octanol–water partition coefficient (Wildman–Crippen LogP) is 4.87. The first-order valence-corrected chi connectivity index (χ1v) is 14.9. The summed E-state index contributed by atoms with van der Waals surface area (Å²) in [5.74, 6) is 0.280. The number of morpholine rings is 1. The van der Waals surface area contributed by atoms with Gasteiger partial charge in [-0.05, 0) is 75.8 Å². The molecule has 1 saturated heterocycles. The number of ether oxygens (including phenoxy) is 1. The summed E-state index contributed by atoms with van der Waals surface area (Å²) in [5.41, 5.74) is 7.73. The molecule has 38 heavy (non-hydrogen) atoms. The van der Waals surface area contributed by atoms with E-state index >= 15 is 0 Å². The Hall–Kier alpha value is -2.59. The first kappa shape index (κ1) is 28.4. The number of hydrogen-bond donors (Lipinski definition) is 1. The maximum atomic E-state index is 13.3. The van der Waals surface area contributed by atoms with Crippen LogP contribution in [0.25, 0.3) is 11.3 Å². The number of benzene rings is 1. The van der Waals surface area contributed by atoms with Gasteiger partial charge < -0.3 is 9.26 Å². The van der Waals surface area contributed by atoms with Crippen molar-refractivity contribution < 1.29 is 17.7 Å². The molecule has 0 spiro atoms. The molecule has 0 radical (unpaired) electrons. The van der Waals surface area contributed by atoms with Crippen molar-refractivity contribution in [3.05, 3.63) is 63.7 Å². The van der Waals surface area contributed by atoms with Crippen molar-refractivity contribution in [2.45, 2.75) is 91.5 Å². The Morgan fingerprint density at radius 1 is 1.00 bits per heavy atom. The van der Waals surface area contributed by atoms with E-state index in [0.29, 0.717) is 12.2 Å². The maximum Gasteiger partial charge on any atom is 0.246 e. The molecule has 3 heterocycles. The van der Waals surface area contributed by atoms with E-state index in [1.807, 2.05) is 6.92 Å². The fourth-order valence-corrected chi connectivity index (χ4v) is 6.91. The zero-order valence-corrected chi connectivity index (χ0v) is 24.4. The van der Waals surface area contributed by atoms with Crippen LogP contribution in [0.3, 0.4) is 0 Å². The summed E-state index contributed by atoms with van der Waals surface area (Å²) < 4.78 is 40.4. The highest BCUT2D eigenvalue weighted by molar-refractivity contribution is 7.89. The lowest BCUT2D eigenvalue weighted by atomic mass is 9.92. The van der Waals surface area contributed by atoms with Crippen molar-refractivity contribution in [2.75, 3.05) is 13.1 Å². The SMILES string of the molecule is CCc1cccc(CC)c1-c1cc(CNS(=O)(=O)c2c(C)noc2C)c(CN2C[C@@H](C)O[C@H](C)C2)c(C)n1. The summed E-state index contributed by atoms with van der Waals surface area (Å²) in [5, 5.41) is 3.83. The van der Waals surface area contributed by atoms with Gasteiger partial charge >= 0.3 is 0 Å². The lowest BCUT2D eigenvalue weighted by Crippen LogP contribution is -2.45. The predicted molar refractivity (Wildman–Crippen MR) is 148 cm³/mol. The average Bonchev–Trinajstić information content (AvgIpc) is 3.21. The Balaban J connectivity index is 1.77. The summed E-state index contributed by atoms with van der Waals surface area (Å²) in [6.45, 7) is 16.2. The molecule has 2 aromatic heterocycles. The lowest BCUT2D eigenvalue weighted by molar-refractivity contribution is -0.0706. The summed E-state index contributed by atoms with van der Waals surface area (Å²) in [4.78, 5) is 7.56. The van der Waals surface area contributed by atoms with Gasteiger partial charge in [-0.2, -0.15) is 0 Å². The van der Waals surface area contributed by atoms with E-state index in [0.717, 1.165) is 54.0 Å². The van der Waals surface area contributed by atoms with Gasteiger partial charge in [-0.1, -0.05) is 37.2 Å². The molecule has 0 saturated carbocycles. The van der Waals surface area contributed by atoms with E-state index in [-0.39, 0.29) is 29.4 Å². The van der Waals surface area contributed by atoms with Crippen LogP contribution in [0, 0.1) is 20.8 Å². The van der Waals surface area contributed by atoms with Gasteiger partial charge in [-0.15, -0.1) is 0 Å². The molecule has 1 aromatic carbocycles. The first-order chi connectivity index (χ1) is 18.0. The molecule has 3 aromatic rings. The minimum atomic E-state index is -3.82. The van der Waals surface area contributed by atoms with Crippen LogP contribution in [0.4, 0.5) is 0 Å². The molecule has 9 heteroatoms. The summed E-state index contributed by atoms with van der Waals surface area (Å²) in [7, 11) is -3.82. The standard InChI is InChI=1S/C29H40N4O4S/c1-8-23-11-10-12-24(9-2)28(23)27-13-25(14-30-38(34,35)29-21(6)32-37-22(29)7)26(20(5)31-27)17-33-15-18(3)36-19(4)16-33/h10-13,18-19,30H,8-9,14-17H2,1-7H3/t18-,19-/m1/s1. The molecule has 8 nitrogen and oxygen atoms in total. The van der Waals surface area contributed by atoms with Crippen molar-refractivity contribution in [2.24, 2.45) is 0 Å². The fraction of sp³-hybridized carbons (Fsp3) is 0.517. The van der Waals surface area contributed by atoms with E-state index in [2.05, 4.69) is 66.7 Å². The quantitative estimate of drug-likeness (QED) is 0.413. The van der Waals surface area contributed by atoms with Crippen LogP contribution in [-0.4, -0.2) is 48.8 Å². The number of pyridine rings is 1. The molecule has 0 amide bonds. The van der Waals surface area contributed by atoms with Gasteiger partial charge in [0.05, 0.1) is 17.9 Å². The number of aromatic nitrogens is 2. The third-order valence-electron chi connectivity index (χ3n) is 7.24. The number of rotatable bonds is 9. The largest absolute Gasteiger partial charge is 0.373 e. The summed E-state index contributed by atoms with van der Waals surface area (Å²) in [6, 6.07) is 8.46. The number of aryl methyl sites for hydroxylation is 5. The molecule has 2 atom stereocenters. The van der Waals surface area contributed by atoms with Crippen molar-refractivity contribution >= 4 is 10.0 Å².